The van der Waals surface area contributed by atoms with E-state index in [1.165, 1.54) is 98.7 Å². The molecule has 46 heavy (non-hydrogen) atoms. The molecule has 0 heteroatoms. The SMILES string of the molecule is c1cc(-c2ccc3ccccc3c2)cc(-c2ccc3ccc(-c4ccc5c6c(cccc46)-c4cc6ccccc6cc4-5)cc3c2)c1. The molecule has 9 aromatic rings. The van der Waals surface area contributed by atoms with Crippen LogP contribution in [0.4, 0.5) is 0 Å². The lowest BCUT2D eigenvalue weighted by atomic mass is 9.92. The molecule has 1 aliphatic carbocycles. The summed E-state index contributed by atoms with van der Waals surface area (Å²) in [5.41, 5.74) is 12.8. The Balaban J connectivity index is 1.07. The van der Waals surface area contributed by atoms with Crippen molar-refractivity contribution >= 4 is 43.1 Å². The van der Waals surface area contributed by atoms with E-state index in [1.807, 2.05) is 0 Å². The lowest BCUT2D eigenvalue weighted by molar-refractivity contribution is 1.61. The monoisotopic (exact) mass is 580 g/mol. The molecule has 0 atom stereocenters. The van der Waals surface area contributed by atoms with Crippen LogP contribution in [0.1, 0.15) is 0 Å². The van der Waals surface area contributed by atoms with Crippen molar-refractivity contribution in [1.82, 2.24) is 0 Å². The Bertz CT molecular complexity index is 2640. The molecule has 0 radical (unpaired) electrons. The van der Waals surface area contributed by atoms with E-state index < -0.39 is 0 Å². The quantitative estimate of drug-likeness (QED) is 0.195. The second-order valence-corrected chi connectivity index (χ2v) is 12.6. The van der Waals surface area contributed by atoms with Crippen molar-refractivity contribution in [3.05, 3.63) is 170 Å². The molecule has 0 fully saturated rings. The van der Waals surface area contributed by atoms with Crippen LogP contribution < -0.4 is 0 Å². The van der Waals surface area contributed by atoms with Gasteiger partial charge in [0.15, 0.2) is 0 Å². The first-order valence-electron chi connectivity index (χ1n) is 16.0. The number of hydrogen-bond donors (Lipinski definition) is 0. The van der Waals surface area contributed by atoms with Crippen molar-refractivity contribution in [2.24, 2.45) is 0 Å². The van der Waals surface area contributed by atoms with Crippen LogP contribution in [0.15, 0.2) is 170 Å². The smallest absolute Gasteiger partial charge is 0.00201 e. The van der Waals surface area contributed by atoms with Gasteiger partial charge in [0.25, 0.3) is 0 Å². The van der Waals surface area contributed by atoms with Crippen molar-refractivity contribution in [2.75, 3.05) is 0 Å². The maximum Gasteiger partial charge on any atom is -0.00201 e. The average molecular weight is 581 g/mol. The Hall–Kier alpha value is -5.98. The van der Waals surface area contributed by atoms with Gasteiger partial charge in [0.05, 0.1) is 0 Å². The summed E-state index contributed by atoms with van der Waals surface area (Å²) in [6, 6.07) is 62.9. The van der Waals surface area contributed by atoms with Gasteiger partial charge in [-0.2, -0.15) is 0 Å². The van der Waals surface area contributed by atoms with Gasteiger partial charge in [-0.1, -0.05) is 133 Å². The zero-order chi connectivity index (χ0) is 30.2. The molecule has 0 aliphatic heterocycles. The zero-order valence-electron chi connectivity index (χ0n) is 25.2. The van der Waals surface area contributed by atoms with Gasteiger partial charge >= 0.3 is 0 Å². The molecule has 1 aliphatic rings. The Kier molecular flexibility index (Phi) is 5.38. The van der Waals surface area contributed by atoms with Crippen LogP contribution >= 0.6 is 0 Å². The first-order valence-corrected chi connectivity index (χ1v) is 16.0. The highest BCUT2D eigenvalue weighted by atomic mass is 14.3. The Morgan fingerprint density at radius 1 is 0.217 bits per heavy atom. The predicted octanol–water partition coefficient (Wildman–Crippen LogP) is 12.9. The van der Waals surface area contributed by atoms with Crippen LogP contribution in [-0.4, -0.2) is 0 Å². The third-order valence-corrected chi connectivity index (χ3v) is 9.94. The second-order valence-electron chi connectivity index (χ2n) is 12.6. The Labute approximate surface area is 267 Å². The van der Waals surface area contributed by atoms with Gasteiger partial charge in [0.1, 0.15) is 0 Å². The van der Waals surface area contributed by atoms with Gasteiger partial charge in [-0.05, 0) is 135 Å². The van der Waals surface area contributed by atoms with Gasteiger partial charge in [-0.15, -0.1) is 0 Å². The van der Waals surface area contributed by atoms with Crippen molar-refractivity contribution in [2.45, 2.75) is 0 Å². The fourth-order valence-corrected chi connectivity index (χ4v) is 7.63. The van der Waals surface area contributed by atoms with E-state index >= 15 is 0 Å². The third kappa shape index (κ3) is 3.87. The summed E-state index contributed by atoms with van der Waals surface area (Å²) in [5.74, 6) is 0. The summed E-state index contributed by atoms with van der Waals surface area (Å²) in [7, 11) is 0. The lowest BCUT2D eigenvalue weighted by Gasteiger charge is -2.12. The maximum absolute atomic E-state index is 2.37. The van der Waals surface area contributed by atoms with E-state index in [1.54, 1.807) is 0 Å². The largest absolute Gasteiger partial charge is 0.0616 e. The molecule has 0 N–H and O–H groups in total. The van der Waals surface area contributed by atoms with Gasteiger partial charge < -0.3 is 0 Å². The van der Waals surface area contributed by atoms with Crippen LogP contribution in [0.2, 0.25) is 0 Å². The molecule has 0 amide bonds. The van der Waals surface area contributed by atoms with E-state index in [0.29, 0.717) is 0 Å². The number of rotatable bonds is 3. The summed E-state index contributed by atoms with van der Waals surface area (Å²) >= 11 is 0. The van der Waals surface area contributed by atoms with Gasteiger partial charge in [-0.25, -0.2) is 0 Å². The summed E-state index contributed by atoms with van der Waals surface area (Å²) in [5, 5.41) is 10.3. The van der Waals surface area contributed by atoms with E-state index in [9.17, 15) is 0 Å². The summed E-state index contributed by atoms with van der Waals surface area (Å²) < 4.78 is 0. The van der Waals surface area contributed by atoms with Crippen molar-refractivity contribution in [3.8, 4) is 55.6 Å². The predicted molar refractivity (Wildman–Crippen MR) is 197 cm³/mol. The van der Waals surface area contributed by atoms with Gasteiger partial charge in [-0.3, -0.25) is 0 Å². The van der Waals surface area contributed by atoms with E-state index in [0.717, 1.165) is 0 Å². The van der Waals surface area contributed by atoms with Crippen molar-refractivity contribution < 1.29 is 0 Å². The second kappa shape index (κ2) is 9.76. The molecule has 0 unspecified atom stereocenters. The summed E-state index contributed by atoms with van der Waals surface area (Å²) in [6.45, 7) is 0. The molecule has 212 valence electrons. The first-order chi connectivity index (χ1) is 22.8. The molecule has 0 spiro atoms. The molecule has 0 heterocycles. The molecule has 0 bridgehead atoms. The fourth-order valence-electron chi connectivity index (χ4n) is 7.63. The van der Waals surface area contributed by atoms with E-state index in [-0.39, 0.29) is 0 Å². The molecule has 0 saturated heterocycles. The van der Waals surface area contributed by atoms with Crippen LogP contribution in [0.25, 0.3) is 98.7 Å². The third-order valence-electron chi connectivity index (χ3n) is 9.94. The molecular formula is C46H28. The van der Waals surface area contributed by atoms with Gasteiger partial charge in [0.2, 0.25) is 0 Å². The minimum atomic E-state index is 1.23. The summed E-state index contributed by atoms with van der Waals surface area (Å²) in [6.07, 6.45) is 0. The minimum Gasteiger partial charge on any atom is -0.0616 e. The number of fused-ring (bicyclic) bond motifs is 6. The lowest BCUT2D eigenvalue weighted by Crippen LogP contribution is -1.85. The Morgan fingerprint density at radius 3 is 1.39 bits per heavy atom. The summed E-state index contributed by atoms with van der Waals surface area (Å²) in [4.78, 5) is 0. The Morgan fingerprint density at radius 2 is 0.696 bits per heavy atom. The molecule has 9 aromatic carbocycles. The average Bonchev–Trinajstić information content (AvgIpc) is 3.43. The zero-order valence-corrected chi connectivity index (χ0v) is 25.2. The number of benzene rings is 9. The number of hydrogen-bond acceptors (Lipinski definition) is 0. The van der Waals surface area contributed by atoms with Crippen LogP contribution in [0.5, 0.6) is 0 Å². The van der Waals surface area contributed by atoms with Crippen molar-refractivity contribution in [1.29, 1.82) is 0 Å². The highest BCUT2D eigenvalue weighted by Gasteiger charge is 2.23. The molecule has 0 aromatic heterocycles. The van der Waals surface area contributed by atoms with E-state index in [4.69, 9.17) is 0 Å². The van der Waals surface area contributed by atoms with Crippen LogP contribution in [0.3, 0.4) is 0 Å². The highest BCUT2D eigenvalue weighted by molar-refractivity contribution is 6.20. The minimum absolute atomic E-state index is 1.23. The molecule has 10 rings (SSSR count). The van der Waals surface area contributed by atoms with Crippen LogP contribution in [0, 0.1) is 0 Å². The van der Waals surface area contributed by atoms with E-state index in [2.05, 4.69) is 170 Å². The van der Waals surface area contributed by atoms with Gasteiger partial charge in [0, 0.05) is 0 Å². The molecule has 0 saturated carbocycles. The maximum atomic E-state index is 2.37. The molecular weight excluding hydrogens is 553 g/mol. The highest BCUT2D eigenvalue weighted by Crippen LogP contribution is 2.50. The standard InChI is InChI=1S/C46H28/c1-2-8-31-23-36(18-15-29(31)7-1)32-11-5-12-33(24-32)37-19-16-30-17-20-38(26-39(30)25-37)40-21-22-43-45-28-35-10-4-3-9-34(35)27-44(45)42-14-6-13-41(40)46(42)43/h1-28H. The van der Waals surface area contributed by atoms with Crippen LogP contribution in [-0.2, 0) is 0 Å². The molecule has 0 nitrogen and oxygen atoms in total. The first kappa shape index (κ1) is 25.4. The fraction of sp³-hybridized carbons (Fsp3) is 0. The topological polar surface area (TPSA) is 0 Å². The van der Waals surface area contributed by atoms with Crippen molar-refractivity contribution in [3.63, 3.8) is 0 Å². The normalized spacial score (nSPS) is 11.9.